The molecule has 0 radical (unpaired) electrons. The minimum absolute atomic E-state index is 0.0199. The van der Waals surface area contributed by atoms with Gasteiger partial charge in [0.05, 0.1) is 39.4 Å². The Morgan fingerprint density at radius 2 is 1.75 bits per heavy atom. The minimum atomic E-state index is -2.11. The zero-order chi connectivity index (χ0) is 44.3. The molecule has 10 atom stereocenters. The second-order valence-corrected chi connectivity index (χ2v) is 14.3. The number of hydrogen-bond acceptors (Lipinski definition) is 18. The van der Waals surface area contributed by atoms with Crippen molar-refractivity contribution in [1.82, 2.24) is 5.32 Å². The molecule has 4 aliphatic rings. The third-order valence-corrected chi connectivity index (χ3v) is 10.4. The highest BCUT2D eigenvalue weighted by Gasteiger charge is 2.56. The Labute approximate surface area is 344 Å². The Morgan fingerprint density at radius 3 is 2.41 bits per heavy atom. The number of phenolic OH excluding ortho intramolecular Hbond substituents is 1. The fourth-order valence-corrected chi connectivity index (χ4v) is 7.07. The molecule has 0 bridgehead atoms. The highest BCUT2D eigenvalue weighted by atomic mass is 16.8. The average Bonchev–Trinajstić information content (AvgIpc) is 3.74. The third-order valence-electron chi connectivity index (χ3n) is 10.4. The number of nitrogens with zero attached hydrogens (tertiary/aromatic N) is 1. The summed E-state index contributed by atoms with van der Waals surface area (Å²) in [5, 5.41) is 108. The lowest BCUT2D eigenvalue weighted by Gasteiger charge is -2.42. The molecule has 4 heterocycles. The van der Waals surface area contributed by atoms with Crippen molar-refractivity contribution in [2.24, 2.45) is 0 Å². The molecule has 0 saturated carbocycles. The molecule has 61 heavy (non-hydrogen) atoms. The van der Waals surface area contributed by atoms with E-state index in [1.807, 2.05) is 0 Å². The average molecular weight is 859 g/mol. The van der Waals surface area contributed by atoms with Crippen molar-refractivity contribution in [2.75, 3.05) is 26.9 Å². The number of allylic oxidation sites excluding steroid dienone is 2. The molecule has 0 aliphatic carbocycles. The number of carbonyl (C=O) groups is 4. The van der Waals surface area contributed by atoms with Gasteiger partial charge in [0.15, 0.2) is 35.7 Å². The molecule has 0 aromatic heterocycles. The van der Waals surface area contributed by atoms with E-state index in [4.69, 9.17) is 28.4 Å². The van der Waals surface area contributed by atoms with Crippen LogP contribution in [-0.2, 0) is 44.5 Å². The van der Waals surface area contributed by atoms with Crippen molar-refractivity contribution < 1.29 is 103 Å². The van der Waals surface area contributed by atoms with Gasteiger partial charge in [-0.25, -0.2) is 19.2 Å². The topological polar surface area (TPSA) is 344 Å². The lowest BCUT2D eigenvalue weighted by atomic mass is 9.98. The van der Waals surface area contributed by atoms with E-state index in [1.165, 1.54) is 60.4 Å². The van der Waals surface area contributed by atoms with Gasteiger partial charge in [0, 0.05) is 24.1 Å². The maximum Gasteiger partial charge on any atom is 0.373 e. The van der Waals surface area contributed by atoms with Crippen LogP contribution in [0.15, 0.2) is 59.8 Å². The van der Waals surface area contributed by atoms with Crippen LogP contribution in [-0.4, -0.2) is 168 Å². The van der Waals surface area contributed by atoms with E-state index in [9.17, 15) is 70.2 Å². The summed E-state index contributed by atoms with van der Waals surface area (Å²) in [6.07, 6.45) is -6.67. The number of aromatic hydroxyl groups is 1. The van der Waals surface area contributed by atoms with Crippen LogP contribution in [0.4, 0.5) is 5.69 Å². The molecule has 2 saturated heterocycles. The number of hydrogen-bond donors (Lipinski definition) is 10. The Kier molecular flexibility index (Phi) is 13.3. The number of aliphatic hydroxyl groups is 5. The van der Waals surface area contributed by atoms with Crippen LogP contribution in [0.25, 0.3) is 6.08 Å². The smallest absolute Gasteiger partial charge is 0.373 e. The molecule has 0 spiro atoms. The number of aliphatic hydroxyl groups excluding tert-OH is 5. The van der Waals surface area contributed by atoms with Gasteiger partial charge >= 0.3 is 23.9 Å². The molecular weight excluding hydrogens is 816 g/mol. The summed E-state index contributed by atoms with van der Waals surface area (Å²) in [6.45, 7) is -2.43. The SMILES string of the molecule is COc1cc(/C=C/C(=O)OC2(CO)COC(OC3C(Oc4cc5c(cc4O)[N+](=C/C=C4/C=C(C(=O)O)NC(C(=O)O)C4)C(C(=O)O)C5)OC(CO)C(O)C3O)C2O)ccc1[O-]. The molecule has 22 heteroatoms. The fraction of sp³-hybridized carbons (Fsp3) is 0.410. The first-order valence-electron chi connectivity index (χ1n) is 18.5. The molecule has 22 nitrogen and oxygen atoms in total. The van der Waals surface area contributed by atoms with E-state index in [0.717, 1.165) is 12.1 Å². The maximum absolute atomic E-state index is 12.8. The van der Waals surface area contributed by atoms with E-state index in [1.54, 1.807) is 0 Å². The monoisotopic (exact) mass is 858 g/mol. The zero-order valence-electron chi connectivity index (χ0n) is 32.0. The highest BCUT2D eigenvalue weighted by Crippen LogP contribution is 2.41. The molecule has 6 rings (SSSR count). The van der Waals surface area contributed by atoms with Gasteiger partial charge in [0.25, 0.3) is 6.04 Å². The van der Waals surface area contributed by atoms with E-state index in [0.29, 0.717) is 11.1 Å². The van der Waals surface area contributed by atoms with Crippen LogP contribution in [0.1, 0.15) is 17.5 Å². The van der Waals surface area contributed by atoms with Crippen LogP contribution < -0.4 is 19.9 Å². The summed E-state index contributed by atoms with van der Waals surface area (Å²) < 4.78 is 34.6. The summed E-state index contributed by atoms with van der Waals surface area (Å²) in [7, 11) is 1.30. The lowest BCUT2D eigenvalue weighted by Crippen LogP contribution is -2.62. The van der Waals surface area contributed by atoms with Crippen LogP contribution in [0, 0.1) is 0 Å². The zero-order valence-corrected chi connectivity index (χ0v) is 32.0. The first-order chi connectivity index (χ1) is 29.0. The molecule has 328 valence electrons. The van der Waals surface area contributed by atoms with Gasteiger partial charge in [0.1, 0.15) is 41.9 Å². The first kappa shape index (κ1) is 44.4. The fourth-order valence-electron chi connectivity index (χ4n) is 7.07. The van der Waals surface area contributed by atoms with Crippen molar-refractivity contribution in [3.05, 3.63) is 71.0 Å². The number of phenols is 1. The summed E-state index contributed by atoms with van der Waals surface area (Å²) >= 11 is 0. The number of benzene rings is 2. The molecule has 2 fully saturated rings. The summed E-state index contributed by atoms with van der Waals surface area (Å²) in [5.74, 6) is -6.37. The summed E-state index contributed by atoms with van der Waals surface area (Å²) in [4.78, 5) is 48.4. The Bertz CT molecular complexity index is 2170. The van der Waals surface area contributed by atoms with Crippen molar-refractivity contribution in [3.63, 3.8) is 0 Å². The van der Waals surface area contributed by atoms with Gasteiger partial charge in [-0.1, -0.05) is 17.9 Å². The number of esters is 1. The predicted octanol–water partition coefficient (Wildman–Crippen LogP) is -2.55. The number of methoxy groups -OCH3 is 1. The third kappa shape index (κ3) is 9.30. The second-order valence-electron chi connectivity index (χ2n) is 14.3. The van der Waals surface area contributed by atoms with E-state index in [2.05, 4.69) is 5.32 Å². The quantitative estimate of drug-likeness (QED) is 0.0531. The van der Waals surface area contributed by atoms with Crippen LogP contribution >= 0.6 is 0 Å². The summed E-state index contributed by atoms with van der Waals surface area (Å²) in [5.41, 5.74) is -1.38. The molecule has 0 amide bonds. The first-order valence-corrected chi connectivity index (χ1v) is 18.5. The number of aliphatic carboxylic acids is 3. The van der Waals surface area contributed by atoms with Crippen LogP contribution in [0.3, 0.4) is 0 Å². The highest BCUT2D eigenvalue weighted by molar-refractivity contribution is 5.90. The number of rotatable bonds is 14. The van der Waals surface area contributed by atoms with Gasteiger partial charge in [-0.2, -0.15) is 4.58 Å². The van der Waals surface area contributed by atoms with Gasteiger partial charge in [-0.15, -0.1) is 0 Å². The number of carbonyl (C=O) groups excluding carboxylic acids is 1. The van der Waals surface area contributed by atoms with Crippen LogP contribution in [0.5, 0.6) is 23.0 Å². The molecule has 4 aliphatic heterocycles. The molecular formula is C39H42N2O20. The van der Waals surface area contributed by atoms with E-state index >= 15 is 0 Å². The van der Waals surface area contributed by atoms with Crippen molar-refractivity contribution in [1.29, 1.82) is 0 Å². The van der Waals surface area contributed by atoms with Crippen LogP contribution in [0.2, 0.25) is 0 Å². The normalized spacial score (nSPS) is 31.0. The largest absolute Gasteiger partial charge is 0.870 e. The standard InChI is InChI=1S/C39H42N2O20/c1-56-26-10-17(2-4-24(26)44)3-5-29(46)61-39(15-43)16-57-38(33(39)49)60-32-31(48)30(47)28(14-42)59-37(32)58-27-12-19-11-23(36(54)55)41(22(19)13-25(27)45)7-6-18-8-20(34(50)51)40-21(9-18)35(52)53/h2-8,10,12-13,21,23,28,30-33,37-38,42-43,47-49H,9,11,14-16H2,1H3,(H5,44,45,46,50,51,52,53,54,55). The van der Waals surface area contributed by atoms with Gasteiger partial charge in [0.2, 0.25) is 12.0 Å². The van der Waals surface area contributed by atoms with Gasteiger partial charge in [-0.3, -0.25) is 0 Å². The Morgan fingerprint density at radius 1 is 1.00 bits per heavy atom. The number of ether oxygens (including phenoxy) is 6. The predicted molar refractivity (Wildman–Crippen MR) is 199 cm³/mol. The number of carboxylic acid groups (broad SMARTS) is 3. The molecule has 2 aromatic carbocycles. The Balaban J connectivity index is 1.22. The number of nitrogens with one attached hydrogen (secondary N) is 1. The Hall–Kier alpha value is -6.11. The molecule has 10 unspecified atom stereocenters. The van der Waals surface area contributed by atoms with Crippen molar-refractivity contribution >= 4 is 41.9 Å². The van der Waals surface area contributed by atoms with Crippen molar-refractivity contribution in [3.8, 4) is 23.0 Å². The van der Waals surface area contributed by atoms with Crippen molar-refractivity contribution in [2.45, 2.75) is 73.6 Å². The minimum Gasteiger partial charge on any atom is -0.870 e. The number of carboxylic acids is 3. The van der Waals surface area contributed by atoms with E-state index in [-0.39, 0.29) is 47.0 Å². The second kappa shape index (κ2) is 18.2. The van der Waals surface area contributed by atoms with Gasteiger partial charge < -0.3 is 84.8 Å². The maximum atomic E-state index is 12.8. The van der Waals surface area contributed by atoms with Gasteiger partial charge in [-0.05, 0) is 35.4 Å². The number of fused-ring (bicyclic) bond motifs is 1. The summed E-state index contributed by atoms with van der Waals surface area (Å²) in [6, 6.07) is 3.88. The molecule has 10 N–H and O–H groups in total. The lowest BCUT2D eigenvalue weighted by molar-refractivity contribution is -0.456. The van der Waals surface area contributed by atoms with E-state index < -0.39 is 110 Å². The molecule has 2 aromatic rings.